The Labute approximate surface area is 192 Å². The predicted octanol–water partition coefficient (Wildman–Crippen LogP) is 5.30. The normalized spacial score (nSPS) is 24.8. The summed E-state index contributed by atoms with van der Waals surface area (Å²) in [5.74, 6) is -1.49. The van der Waals surface area contributed by atoms with Gasteiger partial charge in [-0.3, -0.25) is 9.59 Å². The fraction of sp³-hybridized carbons (Fsp3) is 0.417. The van der Waals surface area contributed by atoms with E-state index >= 15 is 0 Å². The minimum Gasteiger partial charge on any atom is -0.481 e. The molecule has 3 rings (SSSR count). The second-order valence-electron chi connectivity index (χ2n) is 8.45. The lowest BCUT2D eigenvalue weighted by atomic mass is 9.67. The number of halogens is 2. The summed E-state index contributed by atoms with van der Waals surface area (Å²) in [6.45, 7) is 3.40. The zero-order chi connectivity index (χ0) is 22.8. The van der Waals surface area contributed by atoms with Crippen LogP contribution < -0.4 is 0 Å². The van der Waals surface area contributed by atoms with E-state index in [-0.39, 0.29) is 30.9 Å². The largest absolute Gasteiger partial charge is 0.481 e. The number of rotatable bonds is 7. The van der Waals surface area contributed by atoms with Crippen LogP contribution in [0.5, 0.6) is 0 Å². The summed E-state index contributed by atoms with van der Waals surface area (Å²) in [5, 5.41) is 20.8. The maximum atomic E-state index is 13.7. The number of carbonyl (C=O) groups excluding carboxylic acids is 1. The fourth-order valence-corrected chi connectivity index (χ4v) is 5.02. The summed E-state index contributed by atoms with van der Waals surface area (Å²) >= 11 is 12.4. The molecule has 2 aromatic rings. The van der Waals surface area contributed by atoms with Crippen LogP contribution in [0.25, 0.3) is 0 Å². The van der Waals surface area contributed by atoms with Gasteiger partial charge in [0, 0.05) is 16.0 Å². The Morgan fingerprint density at radius 2 is 1.84 bits per heavy atom. The number of hydrogen-bond acceptors (Lipinski definition) is 3. The molecule has 1 fully saturated rings. The smallest absolute Gasteiger partial charge is 0.304 e. The van der Waals surface area contributed by atoms with Crippen LogP contribution in [0, 0.1) is 5.41 Å². The molecule has 1 aliphatic heterocycles. The number of piperidine rings is 1. The summed E-state index contributed by atoms with van der Waals surface area (Å²) < 4.78 is 0. The van der Waals surface area contributed by atoms with E-state index < -0.39 is 17.4 Å². The molecule has 0 spiro atoms. The first-order chi connectivity index (χ1) is 14.7. The van der Waals surface area contributed by atoms with Gasteiger partial charge in [-0.25, -0.2) is 0 Å². The van der Waals surface area contributed by atoms with E-state index in [0.29, 0.717) is 22.9 Å². The molecular weight excluding hydrogens is 437 g/mol. The highest BCUT2D eigenvalue weighted by molar-refractivity contribution is 6.30. The first-order valence-corrected chi connectivity index (χ1v) is 11.1. The molecule has 2 aromatic carbocycles. The first-order valence-electron chi connectivity index (χ1n) is 10.4. The van der Waals surface area contributed by atoms with Gasteiger partial charge in [0.25, 0.3) is 0 Å². The van der Waals surface area contributed by atoms with Gasteiger partial charge in [-0.1, -0.05) is 61.3 Å². The van der Waals surface area contributed by atoms with Crippen LogP contribution in [0.15, 0.2) is 48.5 Å². The highest BCUT2D eigenvalue weighted by Gasteiger charge is 2.52. The van der Waals surface area contributed by atoms with Crippen molar-refractivity contribution in [3.8, 4) is 0 Å². The lowest BCUT2D eigenvalue weighted by Gasteiger charge is -2.51. The molecule has 0 saturated carbocycles. The molecule has 0 radical (unpaired) electrons. The van der Waals surface area contributed by atoms with Gasteiger partial charge in [0.05, 0.1) is 30.5 Å². The topological polar surface area (TPSA) is 77.8 Å². The number of aliphatic hydroxyl groups is 1. The minimum atomic E-state index is -1.11. The maximum Gasteiger partial charge on any atom is 0.304 e. The molecule has 2 N–H and O–H groups in total. The average Bonchev–Trinajstić information content (AvgIpc) is 2.72. The van der Waals surface area contributed by atoms with E-state index in [1.165, 1.54) is 0 Å². The lowest BCUT2D eigenvalue weighted by molar-refractivity contribution is -0.161. The number of aliphatic hydroxyl groups excluding tert-OH is 1. The third-order valence-corrected chi connectivity index (χ3v) is 6.69. The fourth-order valence-electron chi connectivity index (χ4n) is 4.69. The standard InChI is InChI=1S/C24H27Cl2NO4/c1-3-19(14-28)27-22(15-7-9-17(25)10-8-15)20(16-5-4-6-18(26)11-16)12-24(2,23(27)31)13-21(29)30/h4-11,19-20,22,28H,3,12-14H2,1-2H3,(H,29,30)/t19?,20-,22-,24-/m1/s1. The van der Waals surface area contributed by atoms with Gasteiger partial charge in [0.2, 0.25) is 5.91 Å². The number of carboxylic acid groups (broad SMARTS) is 1. The number of nitrogens with zero attached hydrogens (tertiary/aromatic N) is 1. The molecule has 1 saturated heterocycles. The molecule has 31 heavy (non-hydrogen) atoms. The summed E-state index contributed by atoms with van der Waals surface area (Å²) in [5.41, 5.74) is 0.700. The molecular formula is C24H27Cl2NO4. The number of likely N-dealkylation sites (tertiary alicyclic amines) is 1. The van der Waals surface area contributed by atoms with Crippen LogP contribution in [0.1, 0.15) is 56.2 Å². The Bertz CT molecular complexity index is 945. The zero-order valence-electron chi connectivity index (χ0n) is 17.6. The van der Waals surface area contributed by atoms with Gasteiger partial charge in [-0.05, 0) is 48.2 Å². The molecule has 1 unspecified atom stereocenters. The van der Waals surface area contributed by atoms with Crippen LogP contribution in [-0.2, 0) is 9.59 Å². The predicted molar refractivity (Wildman–Crippen MR) is 121 cm³/mol. The molecule has 166 valence electrons. The van der Waals surface area contributed by atoms with Crippen LogP contribution in [0.4, 0.5) is 0 Å². The first kappa shape index (κ1) is 23.6. The van der Waals surface area contributed by atoms with Crippen molar-refractivity contribution >= 4 is 35.1 Å². The third kappa shape index (κ3) is 4.89. The summed E-state index contributed by atoms with van der Waals surface area (Å²) in [4.78, 5) is 27.1. The van der Waals surface area contributed by atoms with Crippen LogP contribution in [-0.4, -0.2) is 39.6 Å². The Morgan fingerprint density at radius 3 is 2.39 bits per heavy atom. The molecule has 7 heteroatoms. The van der Waals surface area contributed by atoms with Crippen LogP contribution >= 0.6 is 23.2 Å². The monoisotopic (exact) mass is 463 g/mol. The molecule has 5 nitrogen and oxygen atoms in total. The maximum absolute atomic E-state index is 13.7. The number of carboxylic acids is 1. The number of amides is 1. The molecule has 1 heterocycles. The van der Waals surface area contributed by atoms with Crippen molar-refractivity contribution in [1.29, 1.82) is 0 Å². The highest BCUT2D eigenvalue weighted by Crippen LogP contribution is 2.52. The second kappa shape index (κ2) is 9.60. The zero-order valence-corrected chi connectivity index (χ0v) is 19.1. The number of hydrogen-bond donors (Lipinski definition) is 2. The Hall–Kier alpha value is -2.08. The Kier molecular flexibility index (Phi) is 7.30. The van der Waals surface area contributed by atoms with Crippen LogP contribution in [0.3, 0.4) is 0 Å². The Balaban J connectivity index is 2.22. The SMILES string of the molecule is CCC(CO)N1C(=O)[C@@](C)(CC(=O)O)C[C@H](c2cccc(Cl)c2)[C@H]1c1ccc(Cl)cc1. The van der Waals surface area contributed by atoms with Gasteiger partial charge in [-0.2, -0.15) is 0 Å². The lowest BCUT2D eigenvalue weighted by Crippen LogP contribution is -2.56. The summed E-state index contributed by atoms with van der Waals surface area (Å²) in [6, 6.07) is 14.0. The molecule has 1 aliphatic rings. The van der Waals surface area contributed by atoms with E-state index in [0.717, 1.165) is 11.1 Å². The van der Waals surface area contributed by atoms with E-state index in [4.69, 9.17) is 23.2 Å². The quantitative estimate of drug-likeness (QED) is 0.583. The van der Waals surface area contributed by atoms with Crippen LogP contribution in [0.2, 0.25) is 10.0 Å². The van der Waals surface area contributed by atoms with Crippen molar-refractivity contribution in [3.05, 3.63) is 69.7 Å². The average molecular weight is 464 g/mol. The number of benzene rings is 2. The van der Waals surface area contributed by atoms with Crippen molar-refractivity contribution in [1.82, 2.24) is 4.90 Å². The second-order valence-corrected chi connectivity index (χ2v) is 9.32. The van der Waals surface area contributed by atoms with Gasteiger partial charge >= 0.3 is 5.97 Å². The molecule has 4 atom stereocenters. The van der Waals surface area contributed by atoms with Crippen molar-refractivity contribution < 1.29 is 19.8 Å². The molecule has 1 amide bonds. The number of aliphatic carboxylic acids is 1. The van der Waals surface area contributed by atoms with E-state index in [9.17, 15) is 19.8 Å². The van der Waals surface area contributed by atoms with E-state index in [2.05, 4.69) is 0 Å². The summed E-state index contributed by atoms with van der Waals surface area (Å²) in [6.07, 6.45) is 0.608. The van der Waals surface area contributed by atoms with Gasteiger partial charge < -0.3 is 15.1 Å². The minimum absolute atomic E-state index is 0.206. The van der Waals surface area contributed by atoms with Gasteiger partial charge in [-0.15, -0.1) is 0 Å². The molecule has 0 aromatic heterocycles. The van der Waals surface area contributed by atoms with E-state index in [1.807, 2.05) is 37.3 Å². The summed E-state index contributed by atoms with van der Waals surface area (Å²) in [7, 11) is 0. The van der Waals surface area contributed by atoms with Gasteiger partial charge in [0.15, 0.2) is 0 Å². The van der Waals surface area contributed by atoms with Crippen molar-refractivity contribution in [2.75, 3.05) is 6.61 Å². The van der Waals surface area contributed by atoms with E-state index in [1.54, 1.807) is 30.0 Å². The Morgan fingerprint density at radius 1 is 1.16 bits per heavy atom. The third-order valence-electron chi connectivity index (χ3n) is 6.21. The van der Waals surface area contributed by atoms with Crippen molar-refractivity contribution in [2.45, 2.75) is 51.1 Å². The van der Waals surface area contributed by atoms with Crippen molar-refractivity contribution in [2.24, 2.45) is 5.41 Å². The molecule has 0 aliphatic carbocycles. The van der Waals surface area contributed by atoms with Gasteiger partial charge in [0.1, 0.15) is 0 Å². The highest BCUT2D eigenvalue weighted by atomic mass is 35.5. The number of carbonyl (C=O) groups is 2. The molecule has 0 bridgehead atoms. The van der Waals surface area contributed by atoms with Crippen molar-refractivity contribution in [3.63, 3.8) is 0 Å².